The fourth-order valence-corrected chi connectivity index (χ4v) is 4.57. The minimum absolute atomic E-state index is 0.158. The lowest BCUT2D eigenvalue weighted by Gasteiger charge is -2.34. The van der Waals surface area contributed by atoms with Crippen molar-refractivity contribution in [3.05, 3.63) is 59.2 Å². The Labute approximate surface area is 189 Å². The first-order chi connectivity index (χ1) is 14.7. The van der Waals surface area contributed by atoms with Crippen LogP contribution >= 0.6 is 12.2 Å². The third kappa shape index (κ3) is 4.85. The van der Waals surface area contributed by atoms with Gasteiger partial charge in [-0.05, 0) is 75.8 Å². The highest BCUT2D eigenvalue weighted by Crippen LogP contribution is 2.42. The van der Waals surface area contributed by atoms with Crippen LogP contribution in [0.5, 0.6) is 5.75 Å². The smallest absolute Gasteiger partial charge is 0.408 e. The molecular formula is C25H30N2O3S. The fraction of sp³-hybridized carbons (Fsp3) is 0.440. The van der Waals surface area contributed by atoms with Gasteiger partial charge in [-0.1, -0.05) is 42.5 Å². The van der Waals surface area contributed by atoms with Gasteiger partial charge in [-0.2, -0.15) is 0 Å². The number of carbonyl (C=O) groups is 1. The van der Waals surface area contributed by atoms with E-state index in [0.717, 1.165) is 36.3 Å². The summed E-state index contributed by atoms with van der Waals surface area (Å²) in [7, 11) is 0. The van der Waals surface area contributed by atoms with Crippen LogP contribution in [0.2, 0.25) is 0 Å². The van der Waals surface area contributed by atoms with Crippen LogP contribution in [-0.4, -0.2) is 22.8 Å². The summed E-state index contributed by atoms with van der Waals surface area (Å²) < 4.78 is 11.5. The molecule has 2 aromatic rings. The number of hydrogen-bond acceptors (Lipinski definition) is 4. The number of amides is 1. The number of alkyl carbamates (subject to hydrolysis) is 1. The molecule has 6 heteroatoms. The maximum absolute atomic E-state index is 12.8. The van der Waals surface area contributed by atoms with E-state index in [4.69, 9.17) is 21.7 Å². The summed E-state index contributed by atoms with van der Waals surface area (Å²) in [5.74, 6) is 0.927. The Bertz CT molecular complexity index is 999. The molecule has 3 unspecified atom stereocenters. The van der Waals surface area contributed by atoms with Gasteiger partial charge in [0, 0.05) is 5.92 Å². The highest BCUT2D eigenvalue weighted by atomic mass is 32.1. The normalized spacial score (nSPS) is 21.1. The van der Waals surface area contributed by atoms with Crippen molar-refractivity contribution in [2.45, 2.75) is 70.6 Å². The molecule has 1 aliphatic heterocycles. The molecule has 0 bridgehead atoms. The lowest BCUT2D eigenvalue weighted by Crippen LogP contribution is -2.38. The van der Waals surface area contributed by atoms with E-state index < -0.39 is 11.7 Å². The van der Waals surface area contributed by atoms with Gasteiger partial charge >= 0.3 is 6.09 Å². The van der Waals surface area contributed by atoms with Gasteiger partial charge in [0.25, 0.3) is 0 Å². The van der Waals surface area contributed by atoms with Crippen molar-refractivity contribution in [2.24, 2.45) is 0 Å². The van der Waals surface area contributed by atoms with E-state index >= 15 is 0 Å². The molecule has 0 aromatic heterocycles. The Morgan fingerprint density at radius 3 is 2.81 bits per heavy atom. The van der Waals surface area contributed by atoms with Crippen molar-refractivity contribution < 1.29 is 14.3 Å². The van der Waals surface area contributed by atoms with Crippen LogP contribution in [0, 0.1) is 0 Å². The molecule has 31 heavy (non-hydrogen) atoms. The predicted octanol–water partition coefficient (Wildman–Crippen LogP) is 5.89. The molecule has 2 aliphatic rings. The van der Waals surface area contributed by atoms with Gasteiger partial charge in [0.15, 0.2) is 0 Å². The van der Waals surface area contributed by atoms with Gasteiger partial charge in [0.2, 0.25) is 0 Å². The Morgan fingerprint density at radius 2 is 2.03 bits per heavy atom. The van der Waals surface area contributed by atoms with Crippen LogP contribution in [-0.2, 0) is 11.2 Å². The van der Waals surface area contributed by atoms with Crippen molar-refractivity contribution in [2.75, 3.05) is 5.32 Å². The van der Waals surface area contributed by atoms with Gasteiger partial charge < -0.3 is 20.1 Å². The summed E-state index contributed by atoms with van der Waals surface area (Å²) in [5.41, 5.74) is 3.91. The van der Waals surface area contributed by atoms with Crippen molar-refractivity contribution in [3.63, 3.8) is 0 Å². The third-order valence-corrected chi connectivity index (χ3v) is 6.22. The van der Waals surface area contributed by atoms with E-state index in [2.05, 4.69) is 34.9 Å². The first-order valence-electron chi connectivity index (χ1n) is 10.9. The Hall–Kier alpha value is -2.60. The largest absolute Gasteiger partial charge is 0.481 e. The summed E-state index contributed by atoms with van der Waals surface area (Å²) in [6.45, 7) is 7.55. The number of benzene rings is 2. The second-order valence-corrected chi connectivity index (χ2v) is 9.77. The lowest BCUT2D eigenvalue weighted by atomic mass is 9.76. The molecule has 2 aromatic carbocycles. The highest BCUT2D eigenvalue weighted by Gasteiger charge is 2.32. The van der Waals surface area contributed by atoms with E-state index in [-0.39, 0.29) is 18.1 Å². The third-order valence-electron chi connectivity index (χ3n) is 5.78. The van der Waals surface area contributed by atoms with Crippen LogP contribution < -0.4 is 15.4 Å². The van der Waals surface area contributed by atoms with Gasteiger partial charge in [0.05, 0.1) is 11.7 Å². The molecule has 4 rings (SSSR count). The fourth-order valence-electron chi connectivity index (χ4n) is 4.41. The molecule has 3 atom stereocenters. The summed E-state index contributed by atoms with van der Waals surface area (Å²) in [4.78, 5) is 13.4. The van der Waals surface area contributed by atoms with Gasteiger partial charge in [0.1, 0.15) is 22.4 Å². The van der Waals surface area contributed by atoms with E-state index in [1.165, 1.54) is 11.1 Å². The average Bonchev–Trinajstić information content (AvgIpc) is 2.71. The standard InChI is InChI=1S/C25H30N2O3S/c1-15-23(31)26-20-14-17(12-13-21(20)29-15)22(27-24(28)30-25(2,3)4)19-11-7-9-16-8-5-6-10-18(16)19/h5-6,8,10,12-15,19,22H,7,9,11H2,1-4H3,(H,26,31)(H,27,28). The van der Waals surface area contributed by atoms with Gasteiger partial charge in [-0.25, -0.2) is 4.79 Å². The SMILES string of the molecule is CC1Oc2ccc(C(NC(=O)OC(C)(C)C)C3CCCc4ccccc43)cc2NC1=S. The Kier molecular flexibility index (Phi) is 5.93. The van der Waals surface area contributed by atoms with E-state index in [1.54, 1.807) is 0 Å². The topological polar surface area (TPSA) is 59.6 Å². The molecule has 0 saturated heterocycles. The summed E-state index contributed by atoms with van der Waals surface area (Å²) in [6.07, 6.45) is 2.58. The molecule has 0 fully saturated rings. The monoisotopic (exact) mass is 438 g/mol. The number of aryl methyl sites for hydroxylation is 1. The predicted molar refractivity (Wildman–Crippen MR) is 127 cm³/mol. The zero-order chi connectivity index (χ0) is 22.2. The number of ether oxygens (including phenoxy) is 2. The van der Waals surface area contributed by atoms with Crippen LogP contribution in [0.15, 0.2) is 42.5 Å². The second kappa shape index (κ2) is 8.50. The zero-order valence-electron chi connectivity index (χ0n) is 18.5. The number of thiocarbonyl (C=S) groups is 1. The Balaban J connectivity index is 1.71. The summed E-state index contributed by atoms with van der Waals surface area (Å²) in [5, 5.41) is 6.45. The zero-order valence-corrected chi connectivity index (χ0v) is 19.3. The van der Waals surface area contributed by atoms with Crippen LogP contribution in [0.3, 0.4) is 0 Å². The first-order valence-corrected chi connectivity index (χ1v) is 11.3. The summed E-state index contributed by atoms with van der Waals surface area (Å²) in [6, 6.07) is 14.3. The second-order valence-electron chi connectivity index (χ2n) is 9.33. The number of fused-ring (bicyclic) bond motifs is 2. The number of anilines is 1. The van der Waals surface area contributed by atoms with Crippen LogP contribution in [0.25, 0.3) is 0 Å². The minimum Gasteiger partial charge on any atom is -0.481 e. The van der Waals surface area contributed by atoms with Gasteiger partial charge in [-0.15, -0.1) is 0 Å². The number of nitrogens with one attached hydrogen (secondary N) is 2. The van der Waals surface area contributed by atoms with Gasteiger partial charge in [-0.3, -0.25) is 0 Å². The van der Waals surface area contributed by atoms with Crippen molar-refractivity contribution >= 4 is 29.0 Å². The molecule has 5 nitrogen and oxygen atoms in total. The van der Waals surface area contributed by atoms with Crippen LogP contribution in [0.4, 0.5) is 10.5 Å². The maximum atomic E-state index is 12.8. The van der Waals surface area contributed by atoms with E-state index in [9.17, 15) is 4.79 Å². The molecule has 1 heterocycles. The molecule has 0 radical (unpaired) electrons. The average molecular weight is 439 g/mol. The minimum atomic E-state index is -0.563. The highest BCUT2D eigenvalue weighted by molar-refractivity contribution is 7.80. The number of rotatable bonds is 3. The first kappa shape index (κ1) is 21.6. The summed E-state index contributed by atoms with van der Waals surface area (Å²) >= 11 is 5.39. The van der Waals surface area contributed by atoms with Crippen molar-refractivity contribution in [1.29, 1.82) is 0 Å². The molecule has 164 valence electrons. The lowest BCUT2D eigenvalue weighted by molar-refractivity contribution is 0.0493. The van der Waals surface area contributed by atoms with Crippen molar-refractivity contribution in [3.8, 4) is 5.75 Å². The van der Waals surface area contributed by atoms with Crippen molar-refractivity contribution in [1.82, 2.24) is 5.32 Å². The Morgan fingerprint density at radius 1 is 1.26 bits per heavy atom. The quantitative estimate of drug-likeness (QED) is 0.585. The van der Waals surface area contributed by atoms with Crippen LogP contribution in [0.1, 0.15) is 69.2 Å². The van der Waals surface area contributed by atoms with E-state index in [0.29, 0.717) is 4.99 Å². The van der Waals surface area contributed by atoms with E-state index in [1.807, 2.05) is 45.9 Å². The molecular weight excluding hydrogens is 408 g/mol. The molecule has 2 N–H and O–H groups in total. The molecule has 1 aliphatic carbocycles. The number of carbonyl (C=O) groups excluding carboxylic acids is 1. The molecule has 0 spiro atoms. The number of hydrogen-bond donors (Lipinski definition) is 2. The maximum Gasteiger partial charge on any atom is 0.408 e. The molecule has 1 amide bonds. The molecule has 0 saturated carbocycles.